The Morgan fingerprint density at radius 1 is 1.25 bits per heavy atom. The summed E-state index contributed by atoms with van der Waals surface area (Å²) in [6, 6.07) is 7.27. The van der Waals surface area contributed by atoms with Crippen LogP contribution in [0.3, 0.4) is 0 Å². The molecule has 0 aromatic heterocycles. The molecule has 2 N–H and O–H groups in total. The number of hydrogen-bond donors (Lipinski definition) is 2. The van der Waals surface area contributed by atoms with Gasteiger partial charge in [-0.25, -0.2) is 0 Å². The summed E-state index contributed by atoms with van der Waals surface area (Å²) in [6.07, 6.45) is 2.43. The van der Waals surface area contributed by atoms with Gasteiger partial charge in [-0.15, -0.1) is 0 Å². The Morgan fingerprint density at radius 3 is 2.25 bits per heavy atom. The Balaban J connectivity index is 2.05. The second-order valence-electron chi connectivity index (χ2n) is 5.60. The molecule has 1 aliphatic rings. The SMILES string of the molecule is CN(C)c1ccc(C(=O)NC2(CC(=O)O)CCC2)cc1. The molecule has 1 aromatic carbocycles. The van der Waals surface area contributed by atoms with Gasteiger partial charge in [0.2, 0.25) is 0 Å². The van der Waals surface area contributed by atoms with Crippen molar-refractivity contribution < 1.29 is 14.7 Å². The molecule has 0 radical (unpaired) electrons. The maximum atomic E-state index is 12.2. The van der Waals surface area contributed by atoms with Crippen LogP contribution in [-0.4, -0.2) is 36.6 Å². The van der Waals surface area contributed by atoms with Gasteiger partial charge in [0.25, 0.3) is 5.91 Å². The number of nitrogens with one attached hydrogen (secondary N) is 1. The largest absolute Gasteiger partial charge is 0.481 e. The van der Waals surface area contributed by atoms with E-state index in [1.165, 1.54) is 0 Å². The van der Waals surface area contributed by atoms with Crippen molar-refractivity contribution >= 4 is 17.6 Å². The fourth-order valence-corrected chi connectivity index (χ4v) is 2.46. The number of carboxylic acids is 1. The molecular formula is C15H20N2O3. The molecule has 0 unspecified atom stereocenters. The van der Waals surface area contributed by atoms with Gasteiger partial charge >= 0.3 is 5.97 Å². The average molecular weight is 276 g/mol. The first-order valence-electron chi connectivity index (χ1n) is 6.74. The number of carbonyl (C=O) groups is 2. The number of carbonyl (C=O) groups excluding carboxylic acids is 1. The maximum Gasteiger partial charge on any atom is 0.305 e. The van der Waals surface area contributed by atoms with E-state index in [2.05, 4.69) is 5.32 Å². The van der Waals surface area contributed by atoms with Crippen molar-refractivity contribution in [2.24, 2.45) is 0 Å². The summed E-state index contributed by atoms with van der Waals surface area (Å²) in [5, 5.41) is 11.8. The standard InChI is InChI=1S/C15H20N2O3/c1-17(2)12-6-4-11(5-7-12)14(20)16-15(8-3-9-15)10-13(18)19/h4-7H,3,8-10H2,1-2H3,(H,16,20)(H,18,19). The van der Waals surface area contributed by atoms with Crippen molar-refractivity contribution in [1.29, 1.82) is 0 Å². The molecule has 1 aliphatic carbocycles. The quantitative estimate of drug-likeness (QED) is 0.861. The summed E-state index contributed by atoms with van der Waals surface area (Å²) in [5.74, 6) is -1.07. The highest BCUT2D eigenvalue weighted by Crippen LogP contribution is 2.35. The molecule has 5 nitrogen and oxygen atoms in total. The number of aliphatic carboxylic acids is 1. The summed E-state index contributed by atoms with van der Waals surface area (Å²) >= 11 is 0. The lowest BCUT2D eigenvalue weighted by molar-refractivity contribution is -0.139. The number of rotatable bonds is 5. The van der Waals surface area contributed by atoms with Crippen molar-refractivity contribution in [3.63, 3.8) is 0 Å². The zero-order valence-electron chi connectivity index (χ0n) is 11.8. The molecule has 0 saturated heterocycles. The Hall–Kier alpha value is -2.04. The Kier molecular flexibility index (Phi) is 3.97. The molecule has 1 saturated carbocycles. The van der Waals surface area contributed by atoms with Gasteiger partial charge in [0, 0.05) is 25.3 Å². The van der Waals surface area contributed by atoms with Gasteiger partial charge in [0.1, 0.15) is 0 Å². The molecule has 0 spiro atoms. The van der Waals surface area contributed by atoms with Crippen LogP contribution in [0.2, 0.25) is 0 Å². The van der Waals surface area contributed by atoms with Gasteiger partial charge < -0.3 is 15.3 Å². The van der Waals surface area contributed by atoms with Crippen molar-refractivity contribution in [2.75, 3.05) is 19.0 Å². The molecular weight excluding hydrogens is 256 g/mol. The van der Waals surface area contributed by atoms with E-state index in [0.717, 1.165) is 24.9 Å². The first-order valence-corrected chi connectivity index (χ1v) is 6.74. The second kappa shape index (κ2) is 5.53. The van der Waals surface area contributed by atoms with Gasteiger partial charge in [-0.3, -0.25) is 9.59 Å². The Morgan fingerprint density at radius 2 is 1.85 bits per heavy atom. The van der Waals surface area contributed by atoms with Crippen LogP contribution in [-0.2, 0) is 4.79 Å². The molecule has 0 atom stereocenters. The molecule has 20 heavy (non-hydrogen) atoms. The summed E-state index contributed by atoms with van der Waals surface area (Å²) in [5.41, 5.74) is 1.03. The van der Waals surface area contributed by atoms with Crippen LogP contribution in [0.25, 0.3) is 0 Å². The minimum atomic E-state index is -0.868. The maximum absolute atomic E-state index is 12.2. The molecule has 0 heterocycles. The molecule has 5 heteroatoms. The van der Waals surface area contributed by atoms with Crippen LogP contribution < -0.4 is 10.2 Å². The first-order chi connectivity index (χ1) is 9.42. The normalized spacial score (nSPS) is 16.1. The molecule has 1 fully saturated rings. The summed E-state index contributed by atoms with van der Waals surface area (Å²) in [4.78, 5) is 25.0. The van der Waals surface area contributed by atoms with Gasteiger partial charge in [0.05, 0.1) is 12.0 Å². The highest BCUT2D eigenvalue weighted by molar-refractivity contribution is 5.95. The number of carboxylic acid groups (broad SMARTS) is 1. The van der Waals surface area contributed by atoms with Gasteiger partial charge in [-0.05, 0) is 43.5 Å². The van der Waals surface area contributed by atoms with E-state index in [1.54, 1.807) is 12.1 Å². The smallest absolute Gasteiger partial charge is 0.305 e. The molecule has 108 valence electrons. The van der Waals surface area contributed by atoms with E-state index >= 15 is 0 Å². The molecule has 0 bridgehead atoms. The third-order valence-corrected chi connectivity index (χ3v) is 3.82. The number of benzene rings is 1. The van der Waals surface area contributed by atoms with Crippen LogP contribution in [0.1, 0.15) is 36.0 Å². The minimum absolute atomic E-state index is 0.00544. The van der Waals surface area contributed by atoms with E-state index in [-0.39, 0.29) is 12.3 Å². The van der Waals surface area contributed by atoms with Crippen LogP contribution in [0, 0.1) is 0 Å². The fraction of sp³-hybridized carbons (Fsp3) is 0.467. The highest BCUT2D eigenvalue weighted by atomic mass is 16.4. The topological polar surface area (TPSA) is 69.6 Å². The summed E-state index contributed by atoms with van der Waals surface area (Å²) < 4.78 is 0. The predicted molar refractivity (Wildman–Crippen MR) is 77.1 cm³/mol. The lowest BCUT2D eigenvalue weighted by Gasteiger charge is -2.41. The van der Waals surface area contributed by atoms with E-state index in [0.29, 0.717) is 5.56 Å². The number of hydrogen-bond acceptors (Lipinski definition) is 3. The third-order valence-electron chi connectivity index (χ3n) is 3.82. The summed E-state index contributed by atoms with van der Waals surface area (Å²) in [7, 11) is 3.87. The predicted octanol–water partition coefficient (Wildman–Crippen LogP) is 1.88. The van der Waals surface area contributed by atoms with Crippen molar-refractivity contribution in [1.82, 2.24) is 5.32 Å². The molecule has 1 amide bonds. The fourth-order valence-electron chi connectivity index (χ4n) is 2.46. The van der Waals surface area contributed by atoms with Crippen LogP contribution in [0.4, 0.5) is 5.69 Å². The molecule has 0 aliphatic heterocycles. The van der Waals surface area contributed by atoms with Crippen LogP contribution >= 0.6 is 0 Å². The van der Waals surface area contributed by atoms with E-state index < -0.39 is 11.5 Å². The lowest BCUT2D eigenvalue weighted by Crippen LogP contribution is -2.54. The van der Waals surface area contributed by atoms with Crippen molar-refractivity contribution in [2.45, 2.75) is 31.2 Å². The number of anilines is 1. The van der Waals surface area contributed by atoms with Crippen molar-refractivity contribution in [3.8, 4) is 0 Å². The average Bonchev–Trinajstić information content (AvgIpc) is 2.35. The molecule has 2 rings (SSSR count). The van der Waals surface area contributed by atoms with Gasteiger partial charge in [0.15, 0.2) is 0 Å². The zero-order chi connectivity index (χ0) is 14.8. The Bertz CT molecular complexity index is 504. The van der Waals surface area contributed by atoms with E-state index in [9.17, 15) is 9.59 Å². The van der Waals surface area contributed by atoms with Crippen LogP contribution in [0.15, 0.2) is 24.3 Å². The number of amides is 1. The minimum Gasteiger partial charge on any atom is -0.481 e. The monoisotopic (exact) mass is 276 g/mol. The number of nitrogens with zero attached hydrogens (tertiary/aromatic N) is 1. The van der Waals surface area contributed by atoms with Gasteiger partial charge in [-0.1, -0.05) is 0 Å². The van der Waals surface area contributed by atoms with E-state index in [1.807, 2.05) is 31.1 Å². The lowest BCUT2D eigenvalue weighted by atomic mass is 9.74. The van der Waals surface area contributed by atoms with Crippen LogP contribution in [0.5, 0.6) is 0 Å². The second-order valence-corrected chi connectivity index (χ2v) is 5.60. The zero-order valence-corrected chi connectivity index (χ0v) is 11.8. The van der Waals surface area contributed by atoms with Crippen molar-refractivity contribution in [3.05, 3.63) is 29.8 Å². The highest BCUT2D eigenvalue weighted by Gasteiger charge is 2.40. The first kappa shape index (κ1) is 14.4. The summed E-state index contributed by atoms with van der Waals surface area (Å²) in [6.45, 7) is 0. The molecule has 1 aromatic rings. The van der Waals surface area contributed by atoms with Gasteiger partial charge in [-0.2, -0.15) is 0 Å². The Labute approximate surface area is 118 Å². The third kappa shape index (κ3) is 3.10. The van der Waals surface area contributed by atoms with E-state index in [4.69, 9.17) is 5.11 Å².